The van der Waals surface area contributed by atoms with Gasteiger partial charge in [0.25, 0.3) is 0 Å². The fourth-order valence-corrected chi connectivity index (χ4v) is 2.72. The molecule has 0 aliphatic heterocycles. The number of carbonyl (C=O) groups is 1. The number of aliphatic hydroxyl groups is 1. The van der Waals surface area contributed by atoms with Gasteiger partial charge >= 0.3 is 5.97 Å². The topological polar surface area (TPSA) is 70.7 Å². The minimum absolute atomic E-state index is 0.0258. The summed E-state index contributed by atoms with van der Waals surface area (Å²) in [7, 11) is 0. The molecule has 5 heteroatoms. The van der Waals surface area contributed by atoms with Gasteiger partial charge in [-0.25, -0.2) is 4.79 Å². The summed E-state index contributed by atoms with van der Waals surface area (Å²) in [6.07, 6.45) is -0.922. The molecular weight excluding hydrogens is 264 g/mol. The van der Waals surface area contributed by atoms with Crippen molar-refractivity contribution in [2.24, 2.45) is 0 Å². The molecule has 4 nitrogen and oxygen atoms in total. The summed E-state index contributed by atoms with van der Waals surface area (Å²) in [6, 6.07) is 6.66. The molecule has 0 fully saturated rings. The second-order valence-corrected chi connectivity index (χ2v) is 6.48. The molecule has 2 heterocycles. The van der Waals surface area contributed by atoms with E-state index in [2.05, 4.69) is 20.8 Å². The zero-order chi connectivity index (χ0) is 14.2. The lowest BCUT2D eigenvalue weighted by molar-refractivity contribution is 0.0655. The molecule has 19 heavy (non-hydrogen) atoms. The minimum Gasteiger partial charge on any atom is -0.475 e. The molecule has 0 saturated heterocycles. The van der Waals surface area contributed by atoms with Crippen LogP contribution < -0.4 is 0 Å². The highest BCUT2D eigenvalue weighted by molar-refractivity contribution is 7.12. The number of hydrogen-bond donors (Lipinski definition) is 2. The average molecular weight is 280 g/mol. The van der Waals surface area contributed by atoms with Crippen molar-refractivity contribution in [3.8, 4) is 0 Å². The van der Waals surface area contributed by atoms with Gasteiger partial charge < -0.3 is 14.6 Å². The molecule has 0 aromatic carbocycles. The van der Waals surface area contributed by atoms with Crippen molar-refractivity contribution in [1.29, 1.82) is 0 Å². The van der Waals surface area contributed by atoms with Crippen molar-refractivity contribution in [2.75, 3.05) is 0 Å². The van der Waals surface area contributed by atoms with Crippen molar-refractivity contribution in [3.63, 3.8) is 0 Å². The molecule has 2 N–H and O–H groups in total. The van der Waals surface area contributed by atoms with Crippen LogP contribution >= 0.6 is 11.3 Å². The number of furan rings is 1. The van der Waals surface area contributed by atoms with Crippen molar-refractivity contribution >= 4 is 17.3 Å². The molecule has 0 bridgehead atoms. The second-order valence-electron chi connectivity index (χ2n) is 5.36. The highest BCUT2D eigenvalue weighted by Crippen LogP contribution is 2.34. The summed E-state index contributed by atoms with van der Waals surface area (Å²) < 4.78 is 5.11. The Balaban J connectivity index is 2.26. The van der Waals surface area contributed by atoms with Gasteiger partial charge in [-0.05, 0) is 29.7 Å². The predicted octanol–water partition coefficient (Wildman–Crippen LogP) is 3.42. The maximum atomic E-state index is 10.7. The van der Waals surface area contributed by atoms with Gasteiger partial charge in [-0.1, -0.05) is 20.8 Å². The van der Waals surface area contributed by atoms with Crippen LogP contribution in [-0.2, 0) is 5.41 Å². The first-order valence-corrected chi connectivity index (χ1v) is 6.72. The van der Waals surface area contributed by atoms with E-state index >= 15 is 0 Å². The van der Waals surface area contributed by atoms with E-state index in [4.69, 9.17) is 9.52 Å². The van der Waals surface area contributed by atoms with Crippen LogP contribution in [0.4, 0.5) is 0 Å². The number of rotatable bonds is 3. The lowest BCUT2D eigenvalue weighted by atomic mass is 9.95. The van der Waals surface area contributed by atoms with Crippen LogP contribution in [0.25, 0.3) is 0 Å². The van der Waals surface area contributed by atoms with E-state index in [-0.39, 0.29) is 16.9 Å². The Kier molecular flexibility index (Phi) is 3.52. The molecule has 0 radical (unpaired) electrons. The van der Waals surface area contributed by atoms with Crippen molar-refractivity contribution in [2.45, 2.75) is 32.3 Å². The Morgan fingerprint density at radius 3 is 2.42 bits per heavy atom. The minimum atomic E-state index is -1.14. The number of aromatic carboxylic acids is 1. The van der Waals surface area contributed by atoms with E-state index in [1.807, 2.05) is 12.1 Å². The smallest absolute Gasteiger partial charge is 0.371 e. The number of hydrogen-bond acceptors (Lipinski definition) is 4. The summed E-state index contributed by atoms with van der Waals surface area (Å²) >= 11 is 1.50. The van der Waals surface area contributed by atoms with E-state index in [9.17, 15) is 9.90 Å². The fraction of sp³-hybridized carbons (Fsp3) is 0.357. The molecule has 0 spiro atoms. The summed E-state index contributed by atoms with van der Waals surface area (Å²) in [5.74, 6) is -1.05. The maximum Gasteiger partial charge on any atom is 0.371 e. The zero-order valence-corrected chi connectivity index (χ0v) is 11.8. The lowest BCUT2D eigenvalue weighted by Crippen LogP contribution is -2.07. The molecule has 0 amide bonds. The third kappa shape index (κ3) is 2.88. The number of carboxylic acid groups (broad SMARTS) is 1. The molecule has 0 saturated carbocycles. The second kappa shape index (κ2) is 4.83. The molecule has 2 aromatic rings. The van der Waals surface area contributed by atoms with E-state index < -0.39 is 12.1 Å². The van der Waals surface area contributed by atoms with Crippen molar-refractivity contribution < 1.29 is 19.4 Å². The average Bonchev–Trinajstić information content (AvgIpc) is 2.97. The van der Waals surface area contributed by atoms with Crippen molar-refractivity contribution in [1.82, 2.24) is 0 Å². The van der Waals surface area contributed by atoms with Crippen LogP contribution in [0.1, 0.15) is 52.9 Å². The Hall–Kier alpha value is -1.59. The standard InChI is InChI=1S/C14H16O4S/c1-14(2,3)11-7-6-10(19-11)12(15)8-4-5-9(18-8)13(16)17/h4-7,12,15H,1-3H3,(H,16,17). The largest absolute Gasteiger partial charge is 0.475 e. The van der Waals surface area contributed by atoms with Gasteiger partial charge in [0, 0.05) is 9.75 Å². The Morgan fingerprint density at radius 2 is 1.95 bits per heavy atom. The molecule has 0 aliphatic rings. The Morgan fingerprint density at radius 1 is 1.26 bits per heavy atom. The molecule has 1 unspecified atom stereocenters. The number of aliphatic hydroxyl groups excluding tert-OH is 1. The molecule has 1 atom stereocenters. The Bertz CT molecular complexity index is 589. The fourth-order valence-electron chi connectivity index (χ4n) is 1.66. The summed E-state index contributed by atoms with van der Waals surface area (Å²) in [6.45, 7) is 6.30. The predicted molar refractivity (Wildman–Crippen MR) is 72.7 cm³/mol. The van der Waals surface area contributed by atoms with Gasteiger partial charge in [0.2, 0.25) is 5.76 Å². The van der Waals surface area contributed by atoms with E-state index in [1.165, 1.54) is 23.5 Å². The summed E-state index contributed by atoms with van der Waals surface area (Å²) in [4.78, 5) is 12.6. The maximum absolute atomic E-state index is 10.7. The van der Waals surface area contributed by atoms with Gasteiger partial charge in [0.15, 0.2) is 0 Å². The van der Waals surface area contributed by atoms with E-state index in [0.717, 1.165) is 9.75 Å². The van der Waals surface area contributed by atoms with Crippen LogP contribution in [0.2, 0.25) is 0 Å². The molecule has 0 aliphatic carbocycles. The van der Waals surface area contributed by atoms with Crippen LogP contribution in [0.3, 0.4) is 0 Å². The quantitative estimate of drug-likeness (QED) is 0.903. The first-order chi connectivity index (χ1) is 8.79. The highest BCUT2D eigenvalue weighted by Gasteiger charge is 2.22. The number of carboxylic acids is 1. The van der Waals surface area contributed by atoms with E-state index in [0.29, 0.717) is 0 Å². The highest BCUT2D eigenvalue weighted by atomic mass is 32.1. The number of thiophene rings is 1. The SMILES string of the molecule is CC(C)(C)c1ccc(C(O)c2ccc(C(=O)O)o2)s1. The van der Waals surface area contributed by atoms with Gasteiger partial charge in [-0.3, -0.25) is 0 Å². The van der Waals surface area contributed by atoms with Crippen LogP contribution in [-0.4, -0.2) is 16.2 Å². The van der Waals surface area contributed by atoms with Gasteiger partial charge in [-0.15, -0.1) is 11.3 Å². The lowest BCUT2D eigenvalue weighted by Gasteiger charge is -2.15. The third-order valence-electron chi connectivity index (χ3n) is 2.74. The normalized spacial score (nSPS) is 13.5. The molecule has 2 aromatic heterocycles. The third-order valence-corrected chi connectivity index (χ3v) is 4.31. The monoisotopic (exact) mass is 280 g/mol. The van der Waals surface area contributed by atoms with Crippen LogP contribution in [0, 0.1) is 0 Å². The van der Waals surface area contributed by atoms with Gasteiger partial charge in [0.05, 0.1) is 0 Å². The van der Waals surface area contributed by atoms with Crippen LogP contribution in [0.5, 0.6) is 0 Å². The summed E-state index contributed by atoms with van der Waals surface area (Å²) in [5, 5.41) is 19.0. The van der Waals surface area contributed by atoms with E-state index in [1.54, 1.807) is 0 Å². The zero-order valence-electron chi connectivity index (χ0n) is 11.0. The van der Waals surface area contributed by atoms with Crippen molar-refractivity contribution in [3.05, 3.63) is 45.5 Å². The molecule has 2 rings (SSSR count). The summed E-state index contributed by atoms with van der Waals surface area (Å²) in [5.41, 5.74) is 0.0258. The first-order valence-electron chi connectivity index (χ1n) is 5.90. The van der Waals surface area contributed by atoms with Gasteiger partial charge in [-0.2, -0.15) is 0 Å². The Labute approximate surface area is 115 Å². The van der Waals surface area contributed by atoms with Gasteiger partial charge in [0.1, 0.15) is 11.9 Å². The first kappa shape index (κ1) is 13.8. The van der Waals surface area contributed by atoms with Crippen LogP contribution in [0.15, 0.2) is 28.7 Å². The molecule has 102 valence electrons. The molecular formula is C14H16O4S.